The average Bonchev–Trinajstić information content (AvgIpc) is 2.85. The summed E-state index contributed by atoms with van der Waals surface area (Å²) in [5.74, 6) is -0.272. The van der Waals surface area contributed by atoms with Gasteiger partial charge in [-0.25, -0.2) is 0 Å². The Morgan fingerprint density at radius 2 is 2.15 bits per heavy atom. The molecule has 1 aromatic heterocycles. The zero-order chi connectivity index (χ0) is 14.5. The van der Waals surface area contributed by atoms with Crippen molar-refractivity contribution in [3.05, 3.63) is 63.0 Å². The van der Waals surface area contributed by atoms with Crippen LogP contribution in [-0.4, -0.2) is 10.8 Å². The van der Waals surface area contributed by atoms with Crippen LogP contribution in [0, 0.1) is 17.0 Å². The van der Waals surface area contributed by atoms with Gasteiger partial charge in [0.05, 0.1) is 4.92 Å². The number of thiophene rings is 1. The summed E-state index contributed by atoms with van der Waals surface area (Å²) >= 11 is 1.03. The predicted octanol–water partition coefficient (Wildman–Crippen LogP) is 3.62. The first kappa shape index (κ1) is 14.0. The van der Waals surface area contributed by atoms with E-state index in [1.807, 2.05) is 25.1 Å². The van der Waals surface area contributed by atoms with Crippen molar-refractivity contribution >= 4 is 34.0 Å². The Bertz CT molecular complexity index is 677. The van der Waals surface area contributed by atoms with E-state index >= 15 is 0 Å². The number of carbonyl (C=O) groups is 1. The first-order valence-corrected chi connectivity index (χ1v) is 6.66. The number of nitrogens with one attached hydrogen (secondary N) is 1. The molecule has 5 nitrogen and oxygen atoms in total. The third-order valence-electron chi connectivity index (χ3n) is 2.48. The van der Waals surface area contributed by atoms with Crippen LogP contribution in [-0.2, 0) is 4.79 Å². The molecule has 0 saturated carbocycles. The van der Waals surface area contributed by atoms with E-state index in [-0.39, 0.29) is 10.9 Å². The molecule has 0 aliphatic rings. The lowest BCUT2D eigenvalue weighted by atomic mass is 10.2. The molecule has 0 fully saturated rings. The molecule has 2 rings (SSSR count). The Labute approximate surface area is 119 Å². The first-order valence-electron chi connectivity index (χ1n) is 5.84. The van der Waals surface area contributed by atoms with E-state index in [4.69, 9.17) is 0 Å². The van der Waals surface area contributed by atoms with Crippen molar-refractivity contribution in [3.8, 4) is 0 Å². The van der Waals surface area contributed by atoms with Crippen molar-refractivity contribution in [3.63, 3.8) is 0 Å². The molecular weight excluding hydrogens is 276 g/mol. The summed E-state index contributed by atoms with van der Waals surface area (Å²) in [4.78, 5) is 22.5. The minimum Gasteiger partial charge on any atom is -0.323 e. The zero-order valence-corrected chi connectivity index (χ0v) is 11.5. The van der Waals surface area contributed by atoms with E-state index < -0.39 is 4.92 Å². The number of rotatable bonds is 4. The van der Waals surface area contributed by atoms with Crippen LogP contribution in [0.4, 0.5) is 10.7 Å². The molecule has 1 N–H and O–H groups in total. The molecule has 0 aliphatic carbocycles. The van der Waals surface area contributed by atoms with E-state index in [9.17, 15) is 14.9 Å². The highest BCUT2D eigenvalue weighted by atomic mass is 32.1. The maximum atomic E-state index is 11.7. The van der Waals surface area contributed by atoms with Gasteiger partial charge in [-0.1, -0.05) is 23.5 Å². The highest BCUT2D eigenvalue weighted by molar-refractivity contribution is 7.16. The molecule has 0 saturated heterocycles. The van der Waals surface area contributed by atoms with Crippen LogP contribution in [0.15, 0.2) is 42.5 Å². The van der Waals surface area contributed by atoms with Gasteiger partial charge in [-0.2, -0.15) is 0 Å². The third kappa shape index (κ3) is 3.76. The van der Waals surface area contributed by atoms with E-state index in [1.165, 1.54) is 12.1 Å². The molecule has 0 aliphatic heterocycles. The van der Waals surface area contributed by atoms with Crippen LogP contribution in [0.3, 0.4) is 0 Å². The summed E-state index contributed by atoms with van der Waals surface area (Å²) in [6.45, 7) is 1.94. The highest BCUT2D eigenvalue weighted by Crippen LogP contribution is 2.24. The molecular formula is C14H12N2O3S. The number of carbonyl (C=O) groups excluding carboxylic acids is 1. The van der Waals surface area contributed by atoms with E-state index in [2.05, 4.69) is 5.32 Å². The molecule has 2 aromatic rings. The Morgan fingerprint density at radius 1 is 1.35 bits per heavy atom. The molecule has 0 radical (unpaired) electrons. The molecule has 1 aromatic carbocycles. The van der Waals surface area contributed by atoms with E-state index in [1.54, 1.807) is 18.2 Å². The van der Waals surface area contributed by atoms with E-state index in [0.717, 1.165) is 22.6 Å². The fourth-order valence-corrected chi connectivity index (χ4v) is 2.32. The second-order valence-electron chi connectivity index (χ2n) is 4.13. The van der Waals surface area contributed by atoms with Crippen LogP contribution in [0.5, 0.6) is 0 Å². The van der Waals surface area contributed by atoms with Gasteiger partial charge < -0.3 is 5.32 Å². The van der Waals surface area contributed by atoms with Gasteiger partial charge in [0.1, 0.15) is 0 Å². The molecule has 6 heteroatoms. The first-order chi connectivity index (χ1) is 9.54. The summed E-state index contributed by atoms with van der Waals surface area (Å²) in [6, 6.07) is 10.5. The molecule has 102 valence electrons. The molecule has 0 atom stereocenters. The molecule has 0 unspecified atom stereocenters. The molecule has 1 amide bonds. The number of aryl methyl sites for hydroxylation is 1. The fraction of sp³-hybridized carbons (Fsp3) is 0.0714. The van der Waals surface area contributed by atoms with Crippen molar-refractivity contribution in [1.82, 2.24) is 0 Å². The monoisotopic (exact) mass is 288 g/mol. The van der Waals surface area contributed by atoms with Gasteiger partial charge in [0, 0.05) is 22.7 Å². The summed E-state index contributed by atoms with van der Waals surface area (Å²) in [5, 5.41) is 13.3. The Hall–Kier alpha value is -2.47. The van der Waals surface area contributed by atoms with Crippen molar-refractivity contribution in [2.75, 3.05) is 5.32 Å². The maximum Gasteiger partial charge on any atom is 0.324 e. The standard InChI is InChI=1S/C14H12N2O3S/c1-10-3-2-4-11(9-10)15-13(17)7-5-12-6-8-14(20-12)16(18)19/h2-9H,1H3,(H,15,17)/b7-5+. The number of nitro groups is 1. The van der Waals surface area contributed by atoms with Crippen molar-refractivity contribution in [2.24, 2.45) is 0 Å². The average molecular weight is 288 g/mol. The lowest BCUT2D eigenvalue weighted by Crippen LogP contribution is -2.07. The van der Waals surface area contributed by atoms with Gasteiger partial charge in [-0.3, -0.25) is 14.9 Å². The summed E-state index contributed by atoms with van der Waals surface area (Å²) in [7, 11) is 0. The van der Waals surface area contributed by atoms with Crippen LogP contribution in [0.1, 0.15) is 10.4 Å². The number of hydrogen-bond acceptors (Lipinski definition) is 4. The molecule has 1 heterocycles. The number of benzene rings is 1. The van der Waals surface area contributed by atoms with Crippen molar-refractivity contribution in [1.29, 1.82) is 0 Å². The second-order valence-corrected chi connectivity index (χ2v) is 5.22. The Morgan fingerprint density at radius 3 is 2.80 bits per heavy atom. The van der Waals surface area contributed by atoms with Crippen LogP contribution < -0.4 is 5.32 Å². The fourth-order valence-electron chi connectivity index (χ4n) is 1.59. The minimum absolute atomic E-state index is 0.0590. The SMILES string of the molecule is Cc1cccc(NC(=O)/C=C/c2ccc([N+](=O)[O-])s2)c1. The lowest BCUT2D eigenvalue weighted by Gasteiger charge is -2.02. The van der Waals surface area contributed by atoms with Crippen molar-refractivity contribution in [2.45, 2.75) is 6.92 Å². The van der Waals surface area contributed by atoms with Crippen molar-refractivity contribution < 1.29 is 9.72 Å². The van der Waals surface area contributed by atoms with Gasteiger partial charge in [0.15, 0.2) is 0 Å². The number of nitrogens with zero attached hydrogens (tertiary/aromatic N) is 1. The highest BCUT2D eigenvalue weighted by Gasteiger charge is 2.07. The smallest absolute Gasteiger partial charge is 0.323 e. The van der Waals surface area contributed by atoms with Gasteiger partial charge in [0.2, 0.25) is 5.91 Å². The largest absolute Gasteiger partial charge is 0.324 e. The quantitative estimate of drug-likeness (QED) is 0.530. The number of anilines is 1. The second kappa shape index (κ2) is 6.12. The predicted molar refractivity (Wildman–Crippen MR) is 79.8 cm³/mol. The molecule has 0 spiro atoms. The third-order valence-corrected chi connectivity index (χ3v) is 3.48. The topological polar surface area (TPSA) is 72.2 Å². The summed E-state index contributed by atoms with van der Waals surface area (Å²) in [6.07, 6.45) is 2.92. The van der Waals surface area contributed by atoms with Crippen LogP contribution in [0.2, 0.25) is 0 Å². The zero-order valence-electron chi connectivity index (χ0n) is 10.7. The molecule has 0 bridgehead atoms. The number of amides is 1. The maximum absolute atomic E-state index is 11.7. The lowest BCUT2D eigenvalue weighted by molar-refractivity contribution is -0.380. The van der Waals surface area contributed by atoms with E-state index in [0.29, 0.717) is 4.88 Å². The summed E-state index contributed by atoms with van der Waals surface area (Å²) in [5.41, 5.74) is 1.78. The van der Waals surface area contributed by atoms with Gasteiger partial charge in [-0.15, -0.1) is 0 Å². The molecule has 20 heavy (non-hydrogen) atoms. The Kier molecular flexibility index (Phi) is 4.27. The minimum atomic E-state index is -0.450. The number of hydrogen-bond donors (Lipinski definition) is 1. The normalized spacial score (nSPS) is 10.7. The van der Waals surface area contributed by atoms with Gasteiger partial charge in [0.25, 0.3) is 0 Å². The van der Waals surface area contributed by atoms with Crippen LogP contribution >= 0.6 is 11.3 Å². The Balaban J connectivity index is 2.00. The summed E-state index contributed by atoms with van der Waals surface area (Å²) < 4.78 is 0. The van der Waals surface area contributed by atoms with Gasteiger partial charge >= 0.3 is 5.00 Å². The van der Waals surface area contributed by atoms with Gasteiger partial charge in [-0.05, 0) is 36.8 Å². The van der Waals surface area contributed by atoms with Crippen LogP contribution in [0.25, 0.3) is 6.08 Å².